The molecule has 0 aliphatic carbocycles. The lowest BCUT2D eigenvalue weighted by Crippen LogP contribution is -2.35. The Balaban J connectivity index is 1.45. The standard InChI is InChI=1S/C23H29N3O3S/c1-15-11-24-20(14-30(27)22-25-18-7-5-6-8-19(18)26-22)16(2)21(15)28-12-17-9-10-23(3,4)29-13-17/h5-8,11,17H,9-10,12-14H2,1-4H3,(H,25,26). The second kappa shape index (κ2) is 8.57. The van der Waals surface area contributed by atoms with E-state index in [1.165, 1.54) is 0 Å². The highest BCUT2D eigenvalue weighted by atomic mass is 32.2. The smallest absolute Gasteiger partial charge is 0.322 e. The zero-order chi connectivity index (χ0) is 21.3. The number of rotatable bonds is 6. The molecule has 2 unspecified atom stereocenters. The number of ether oxygens (including phenoxy) is 2. The van der Waals surface area contributed by atoms with Crippen LogP contribution >= 0.6 is 0 Å². The van der Waals surface area contributed by atoms with Crippen molar-refractivity contribution in [2.24, 2.45) is 5.92 Å². The van der Waals surface area contributed by atoms with Crippen LogP contribution in [0.3, 0.4) is 0 Å². The van der Waals surface area contributed by atoms with Gasteiger partial charge < -0.3 is 14.0 Å². The fourth-order valence-corrected chi connectivity index (χ4v) is 4.84. The molecule has 6 nitrogen and oxygen atoms in total. The Morgan fingerprint density at radius 3 is 2.83 bits per heavy atom. The molecular formula is C23H29N3O3S. The molecule has 0 bridgehead atoms. The zero-order valence-corrected chi connectivity index (χ0v) is 18.8. The average molecular weight is 428 g/mol. The fourth-order valence-electron chi connectivity index (χ4n) is 3.74. The van der Waals surface area contributed by atoms with E-state index in [0.29, 0.717) is 23.4 Å². The van der Waals surface area contributed by atoms with Crippen molar-refractivity contribution in [3.63, 3.8) is 0 Å². The van der Waals surface area contributed by atoms with Gasteiger partial charge in [-0.3, -0.25) is 9.97 Å². The number of aryl methyl sites for hydroxylation is 1. The van der Waals surface area contributed by atoms with Gasteiger partial charge in [-0.2, -0.15) is 4.98 Å². The van der Waals surface area contributed by atoms with Crippen molar-refractivity contribution in [2.45, 2.75) is 57.0 Å². The largest absolute Gasteiger partial charge is 0.609 e. The average Bonchev–Trinajstić information content (AvgIpc) is 3.15. The molecule has 0 radical (unpaired) electrons. The predicted molar refractivity (Wildman–Crippen MR) is 118 cm³/mol. The Morgan fingerprint density at radius 2 is 2.10 bits per heavy atom. The van der Waals surface area contributed by atoms with Gasteiger partial charge in [0.05, 0.1) is 35.5 Å². The minimum Gasteiger partial charge on any atom is -0.609 e. The normalized spacial score (nSPS) is 19.7. The molecule has 2 atom stereocenters. The van der Waals surface area contributed by atoms with Crippen LogP contribution in [0.2, 0.25) is 0 Å². The molecule has 1 fully saturated rings. The van der Waals surface area contributed by atoms with Crippen LogP contribution in [-0.4, -0.2) is 38.3 Å². The summed E-state index contributed by atoms with van der Waals surface area (Å²) in [4.78, 5) is 12.1. The molecule has 7 heteroatoms. The topological polar surface area (TPSA) is 83.1 Å². The van der Waals surface area contributed by atoms with Gasteiger partial charge in [0.2, 0.25) is 0 Å². The van der Waals surface area contributed by atoms with E-state index in [9.17, 15) is 4.55 Å². The summed E-state index contributed by atoms with van der Waals surface area (Å²) in [5.74, 6) is 1.52. The summed E-state index contributed by atoms with van der Waals surface area (Å²) in [5, 5.41) is 0.474. The van der Waals surface area contributed by atoms with E-state index in [0.717, 1.165) is 53.1 Å². The number of aromatic amines is 1. The maximum Gasteiger partial charge on any atom is 0.322 e. The number of para-hydroxylation sites is 2. The van der Waals surface area contributed by atoms with Gasteiger partial charge in [0, 0.05) is 34.4 Å². The van der Waals surface area contributed by atoms with Gasteiger partial charge in [-0.25, -0.2) is 0 Å². The van der Waals surface area contributed by atoms with Crippen molar-refractivity contribution in [1.29, 1.82) is 0 Å². The van der Waals surface area contributed by atoms with Crippen molar-refractivity contribution in [3.8, 4) is 5.75 Å². The molecule has 1 aliphatic heterocycles. The van der Waals surface area contributed by atoms with Crippen molar-refractivity contribution < 1.29 is 14.0 Å². The highest BCUT2D eigenvalue weighted by Crippen LogP contribution is 2.30. The third kappa shape index (κ3) is 4.63. The summed E-state index contributed by atoms with van der Waals surface area (Å²) in [6, 6.07) is 7.69. The molecule has 30 heavy (non-hydrogen) atoms. The highest BCUT2D eigenvalue weighted by Gasteiger charge is 2.28. The van der Waals surface area contributed by atoms with Crippen molar-refractivity contribution in [3.05, 3.63) is 47.3 Å². The molecule has 3 heterocycles. The van der Waals surface area contributed by atoms with Crippen LogP contribution < -0.4 is 4.74 Å². The van der Waals surface area contributed by atoms with Gasteiger partial charge >= 0.3 is 5.16 Å². The van der Waals surface area contributed by atoms with Crippen LogP contribution in [0.1, 0.15) is 43.5 Å². The van der Waals surface area contributed by atoms with Crippen molar-refractivity contribution in [1.82, 2.24) is 15.0 Å². The van der Waals surface area contributed by atoms with Gasteiger partial charge in [0.1, 0.15) is 5.75 Å². The molecule has 4 rings (SSSR count). The number of hydrogen-bond donors (Lipinski definition) is 1. The molecule has 1 aliphatic rings. The summed E-state index contributed by atoms with van der Waals surface area (Å²) < 4.78 is 25.1. The molecule has 0 saturated carbocycles. The Hall–Kier alpha value is -2.09. The minimum atomic E-state index is -1.31. The molecular weight excluding hydrogens is 398 g/mol. The number of nitrogens with zero attached hydrogens (tertiary/aromatic N) is 2. The van der Waals surface area contributed by atoms with E-state index in [2.05, 4.69) is 28.8 Å². The Labute approximate surface area is 180 Å². The molecule has 160 valence electrons. The molecule has 0 spiro atoms. The molecule has 2 aromatic heterocycles. The number of benzene rings is 1. The molecule has 1 N–H and O–H groups in total. The van der Waals surface area contributed by atoms with E-state index in [1.54, 1.807) is 6.20 Å². The number of H-pyrrole nitrogens is 1. The SMILES string of the molecule is Cc1cnc(C[S+]([O-])c2nc3ccccc3[nH]2)c(C)c1OCC1CCC(C)(C)OC1. The molecule has 0 amide bonds. The number of hydrogen-bond acceptors (Lipinski definition) is 5. The Kier molecular flexibility index (Phi) is 6.04. The van der Waals surface area contributed by atoms with Crippen LogP contribution in [0.5, 0.6) is 5.75 Å². The predicted octanol–water partition coefficient (Wildman–Crippen LogP) is 4.47. The summed E-state index contributed by atoms with van der Waals surface area (Å²) >= 11 is -1.31. The van der Waals surface area contributed by atoms with E-state index in [-0.39, 0.29) is 5.60 Å². The molecule has 1 saturated heterocycles. The van der Waals surface area contributed by atoms with Crippen LogP contribution in [0.25, 0.3) is 11.0 Å². The minimum absolute atomic E-state index is 0.0348. The number of fused-ring (bicyclic) bond motifs is 1. The van der Waals surface area contributed by atoms with E-state index < -0.39 is 11.2 Å². The van der Waals surface area contributed by atoms with Gasteiger partial charge in [-0.15, -0.1) is 0 Å². The summed E-state index contributed by atoms with van der Waals surface area (Å²) in [5.41, 5.74) is 4.37. The van der Waals surface area contributed by atoms with Gasteiger partial charge in [0.25, 0.3) is 0 Å². The van der Waals surface area contributed by atoms with Crippen LogP contribution in [0.4, 0.5) is 0 Å². The second-order valence-corrected chi connectivity index (χ2v) is 10.0. The third-order valence-corrected chi connectivity index (χ3v) is 6.88. The molecule has 3 aromatic rings. The van der Waals surface area contributed by atoms with Gasteiger partial charge in [-0.1, -0.05) is 12.1 Å². The lowest BCUT2D eigenvalue weighted by Gasteiger charge is -2.34. The summed E-state index contributed by atoms with van der Waals surface area (Å²) in [7, 11) is 0. The monoisotopic (exact) mass is 427 g/mol. The van der Waals surface area contributed by atoms with Gasteiger partial charge in [0.15, 0.2) is 5.75 Å². The second-order valence-electron chi connectivity index (χ2n) is 8.68. The van der Waals surface area contributed by atoms with Gasteiger partial charge in [-0.05, 0) is 52.7 Å². The molecule has 1 aromatic carbocycles. The Morgan fingerprint density at radius 1 is 1.30 bits per heavy atom. The third-order valence-electron chi connectivity index (χ3n) is 5.72. The van der Waals surface area contributed by atoms with Crippen LogP contribution in [0, 0.1) is 19.8 Å². The number of aromatic nitrogens is 3. The fraction of sp³-hybridized carbons (Fsp3) is 0.478. The number of nitrogens with one attached hydrogen (secondary N) is 1. The first-order valence-electron chi connectivity index (χ1n) is 10.4. The number of imidazole rings is 1. The highest BCUT2D eigenvalue weighted by molar-refractivity contribution is 7.90. The van der Waals surface area contributed by atoms with Crippen molar-refractivity contribution in [2.75, 3.05) is 13.2 Å². The van der Waals surface area contributed by atoms with E-state index in [1.807, 2.05) is 38.1 Å². The first-order valence-corrected chi connectivity index (χ1v) is 11.7. The summed E-state index contributed by atoms with van der Waals surface area (Å²) in [6.07, 6.45) is 3.93. The maximum atomic E-state index is 12.9. The summed E-state index contributed by atoms with van der Waals surface area (Å²) in [6.45, 7) is 9.59. The lowest BCUT2D eigenvalue weighted by molar-refractivity contribution is -0.0834. The lowest BCUT2D eigenvalue weighted by atomic mass is 9.92. The first-order chi connectivity index (χ1) is 14.3. The van der Waals surface area contributed by atoms with E-state index >= 15 is 0 Å². The Bertz CT molecular complexity index is 991. The van der Waals surface area contributed by atoms with Crippen molar-refractivity contribution >= 4 is 22.2 Å². The van der Waals surface area contributed by atoms with Crippen LogP contribution in [0.15, 0.2) is 35.6 Å². The maximum absolute atomic E-state index is 12.9. The first kappa shape index (κ1) is 21.2. The van der Waals surface area contributed by atoms with E-state index in [4.69, 9.17) is 9.47 Å². The zero-order valence-electron chi connectivity index (χ0n) is 18.0. The quantitative estimate of drug-likeness (QED) is 0.587. The van der Waals surface area contributed by atoms with Crippen LogP contribution in [-0.2, 0) is 21.7 Å². The number of pyridine rings is 1.